The van der Waals surface area contributed by atoms with E-state index in [-0.39, 0.29) is 17.9 Å². The number of nitrogens with zero attached hydrogens (tertiary/aromatic N) is 2. The molecular formula is C16H20N2O2. The van der Waals surface area contributed by atoms with Gasteiger partial charge in [-0.05, 0) is 24.5 Å². The smallest absolute Gasteiger partial charge is 0.227 e. The van der Waals surface area contributed by atoms with Gasteiger partial charge in [-0.3, -0.25) is 4.79 Å². The molecule has 0 bridgehead atoms. The minimum Gasteiger partial charge on any atom is -0.393 e. The van der Waals surface area contributed by atoms with Crippen LogP contribution in [-0.4, -0.2) is 35.1 Å². The molecule has 1 N–H and O–H groups in total. The predicted octanol–water partition coefficient (Wildman–Crippen LogP) is 1.52. The number of carbonyl (C=O) groups is 1. The van der Waals surface area contributed by atoms with Crippen LogP contribution in [0.4, 0.5) is 0 Å². The van der Waals surface area contributed by atoms with Gasteiger partial charge in [0, 0.05) is 19.0 Å². The lowest BCUT2D eigenvalue weighted by Crippen LogP contribution is -2.31. The summed E-state index contributed by atoms with van der Waals surface area (Å²) in [6.07, 6.45) is 1.17. The predicted molar refractivity (Wildman–Crippen MR) is 75.8 cm³/mol. The lowest BCUT2D eigenvalue weighted by molar-refractivity contribution is -0.129. The molecule has 0 aromatic heterocycles. The Morgan fingerprint density at radius 3 is 2.80 bits per heavy atom. The van der Waals surface area contributed by atoms with Gasteiger partial charge in [0.05, 0.1) is 25.0 Å². The van der Waals surface area contributed by atoms with Crippen molar-refractivity contribution in [3.05, 3.63) is 35.4 Å². The number of likely N-dealkylation sites (tertiary alicyclic amines) is 1. The van der Waals surface area contributed by atoms with Crippen LogP contribution in [0, 0.1) is 17.2 Å². The van der Waals surface area contributed by atoms with Crippen LogP contribution in [0.5, 0.6) is 0 Å². The minimum atomic E-state index is -0.362. The Kier molecular flexibility index (Phi) is 4.75. The van der Waals surface area contributed by atoms with Crippen molar-refractivity contribution in [1.29, 1.82) is 5.26 Å². The van der Waals surface area contributed by atoms with Gasteiger partial charge < -0.3 is 10.0 Å². The molecule has 106 valence electrons. The second-order valence-electron chi connectivity index (χ2n) is 5.41. The third kappa shape index (κ3) is 3.37. The first-order valence-electron chi connectivity index (χ1n) is 7.01. The van der Waals surface area contributed by atoms with E-state index in [0.717, 1.165) is 24.1 Å². The average molecular weight is 272 g/mol. The van der Waals surface area contributed by atoms with Gasteiger partial charge in [0.25, 0.3) is 0 Å². The topological polar surface area (TPSA) is 64.3 Å². The van der Waals surface area contributed by atoms with Crippen LogP contribution in [0.15, 0.2) is 24.3 Å². The van der Waals surface area contributed by atoms with E-state index < -0.39 is 0 Å². The molecule has 1 aromatic carbocycles. The maximum Gasteiger partial charge on any atom is 0.227 e. The van der Waals surface area contributed by atoms with E-state index in [1.54, 1.807) is 6.92 Å². The summed E-state index contributed by atoms with van der Waals surface area (Å²) in [6, 6.07) is 9.72. The number of hydrogen-bond donors (Lipinski definition) is 1. The first kappa shape index (κ1) is 14.5. The van der Waals surface area contributed by atoms with Gasteiger partial charge >= 0.3 is 0 Å². The molecule has 0 spiro atoms. The second-order valence-corrected chi connectivity index (χ2v) is 5.41. The van der Waals surface area contributed by atoms with Crippen molar-refractivity contribution in [2.24, 2.45) is 5.92 Å². The molecular weight excluding hydrogens is 252 g/mol. The van der Waals surface area contributed by atoms with Crippen molar-refractivity contribution in [3.8, 4) is 6.07 Å². The molecule has 2 rings (SSSR count). The van der Waals surface area contributed by atoms with Crippen LogP contribution in [-0.2, 0) is 17.6 Å². The molecule has 1 fully saturated rings. The van der Waals surface area contributed by atoms with Crippen LogP contribution in [0.3, 0.4) is 0 Å². The third-order valence-corrected chi connectivity index (χ3v) is 3.99. The molecule has 4 nitrogen and oxygen atoms in total. The van der Waals surface area contributed by atoms with Crippen molar-refractivity contribution >= 4 is 5.91 Å². The SMILES string of the molecule is CC(O)C1CCN(C(=O)Cc2ccccc2CC#N)C1. The number of rotatable bonds is 4. The largest absolute Gasteiger partial charge is 0.393 e. The van der Waals surface area contributed by atoms with E-state index in [0.29, 0.717) is 19.4 Å². The Morgan fingerprint density at radius 2 is 2.20 bits per heavy atom. The first-order chi connectivity index (χ1) is 9.61. The van der Waals surface area contributed by atoms with E-state index in [2.05, 4.69) is 6.07 Å². The summed E-state index contributed by atoms with van der Waals surface area (Å²) in [4.78, 5) is 14.1. The summed E-state index contributed by atoms with van der Waals surface area (Å²) >= 11 is 0. The summed E-state index contributed by atoms with van der Waals surface area (Å²) in [7, 11) is 0. The highest BCUT2D eigenvalue weighted by atomic mass is 16.3. The highest BCUT2D eigenvalue weighted by Gasteiger charge is 2.29. The molecule has 0 saturated carbocycles. The summed E-state index contributed by atoms with van der Waals surface area (Å²) in [5.74, 6) is 0.270. The fourth-order valence-electron chi connectivity index (χ4n) is 2.67. The fourth-order valence-corrected chi connectivity index (χ4v) is 2.67. The summed E-state index contributed by atoms with van der Waals surface area (Å²) in [5.41, 5.74) is 1.86. The Bertz CT molecular complexity index is 519. The number of benzene rings is 1. The maximum atomic E-state index is 12.3. The normalized spacial score (nSPS) is 19.6. The summed E-state index contributed by atoms with van der Waals surface area (Å²) < 4.78 is 0. The van der Waals surface area contributed by atoms with Gasteiger partial charge in [0.15, 0.2) is 0 Å². The van der Waals surface area contributed by atoms with E-state index >= 15 is 0 Å². The molecule has 4 heteroatoms. The van der Waals surface area contributed by atoms with Crippen molar-refractivity contribution < 1.29 is 9.90 Å². The zero-order valence-electron chi connectivity index (χ0n) is 11.7. The standard InChI is InChI=1S/C16H20N2O2/c1-12(19)15-7-9-18(11-15)16(20)10-14-5-3-2-4-13(14)6-8-17/h2-5,12,15,19H,6-7,9-11H2,1H3. The summed E-state index contributed by atoms with van der Waals surface area (Å²) in [6.45, 7) is 3.13. The molecule has 1 saturated heterocycles. The number of carbonyl (C=O) groups excluding carboxylic acids is 1. The highest BCUT2D eigenvalue weighted by molar-refractivity contribution is 5.79. The van der Waals surface area contributed by atoms with Gasteiger partial charge in [0.2, 0.25) is 5.91 Å². The Balaban J connectivity index is 2.01. The van der Waals surface area contributed by atoms with Gasteiger partial charge in [-0.1, -0.05) is 24.3 Å². The molecule has 1 amide bonds. The maximum absolute atomic E-state index is 12.3. The molecule has 0 radical (unpaired) electrons. The van der Waals surface area contributed by atoms with Crippen LogP contribution in [0.2, 0.25) is 0 Å². The van der Waals surface area contributed by atoms with E-state index in [1.807, 2.05) is 29.2 Å². The van der Waals surface area contributed by atoms with Gasteiger partial charge in [-0.15, -0.1) is 0 Å². The number of nitriles is 1. The van der Waals surface area contributed by atoms with E-state index in [1.165, 1.54) is 0 Å². The zero-order chi connectivity index (χ0) is 14.5. The molecule has 1 aliphatic heterocycles. The first-order valence-corrected chi connectivity index (χ1v) is 7.01. The molecule has 1 aliphatic rings. The number of amides is 1. The van der Waals surface area contributed by atoms with Crippen LogP contribution in [0.1, 0.15) is 24.5 Å². The molecule has 1 heterocycles. The molecule has 1 aromatic rings. The van der Waals surface area contributed by atoms with Gasteiger partial charge in [0.1, 0.15) is 0 Å². The Labute approximate surface area is 119 Å². The van der Waals surface area contributed by atoms with E-state index in [9.17, 15) is 9.90 Å². The van der Waals surface area contributed by atoms with Crippen molar-refractivity contribution in [2.45, 2.75) is 32.3 Å². The van der Waals surface area contributed by atoms with Crippen molar-refractivity contribution in [2.75, 3.05) is 13.1 Å². The van der Waals surface area contributed by atoms with Crippen LogP contribution in [0.25, 0.3) is 0 Å². The summed E-state index contributed by atoms with van der Waals surface area (Å²) in [5, 5.41) is 18.4. The molecule has 0 aliphatic carbocycles. The second kappa shape index (κ2) is 6.53. The molecule has 2 atom stereocenters. The Morgan fingerprint density at radius 1 is 1.50 bits per heavy atom. The lowest BCUT2D eigenvalue weighted by Gasteiger charge is -2.18. The van der Waals surface area contributed by atoms with Crippen LogP contribution < -0.4 is 0 Å². The lowest BCUT2D eigenvalue weighted by atomic mass is 10.0. The minimum absolute atomic E-state index is 0.0820. The van der Waals surface area contributed by atoms with Crippen LogP contribution >= 0.6 is 0 Å². The third-order valence-electron chi connectivity index (χ3n) is 3.99. The molecule has 20 heavy (non-hydrogen) atoms. The zero-order valence-corrected chi connectivity index (χ0v) is 11.7. The molecule has 2 unspecified atom stereocenters. The highest BCUT2D eigenvalue weighted by Crippen LogP contribution is 2.21. The van der Waals surface area contributed by atoms with Gasteiger partial charge in [-0.2, -0.15) is 5.26 Å². The fraction of sp³-hybridized carbons (Fsp3) is 0.500. The quantitative estimate of drug-likeness (QED) is 0.904. The monoisotopic (exact) mass is 272 g/mol. The Hall–Kier alpha value is -1.86. The van der Waals surface area contributed by atoms with Gasteiger partial charge in [-0.25, -0.2) is 0 Å². The number of aliphatic hydroxyl groups excluding tert-OH is 1. The number of aliphatic hydroxyl groups is 1. The van der Waals surface area contributed by atoms with E-state index in [4.69, 9.17) is 5.26 Å². The number of hydrogen-bond acceptors (Lipinski definition) is 3. The van der Waals surface area contributed by atoms with Crippen molar-refractivity contribution in [3.63, 3.8) is 0 Å². The average Bonchev–Trinajstić information content (AvgIpc) is 2.91. The van der Waals surface area contributed by atoms with Crippen molar-refractivity contribution in [1.82, 2.24) is 4.90 Å².